The molecule has 5 rings (SSSR count). The lowest BCUT2D eigenvalue weighted by Gasteiger charge is -2.46. The predicted octanol–water partition coefficient (Wildman–Crippen LogP) is 8.46. The van der Waals surface area contributed by atoms with Gasteiger partial charge in [-0.25, -0.2) is 4.79 Å². The van der Waals surface area contributed by atoms with E-state index in [1.165, 1.54) is 7.11 Å². The summed E-state index contributed by atoms with van der Waals surface area (Å²) in [7, 11) is 4.72. The molecule has 0 fully saturated rings. The van der Waals surface area contributed by atoms with Crippen LogP contribution >= 0.6 is 31.9 Å². The Morgan fingerprint density at radius 3 is 1.76 bits per heavy atom. The van der Waals surface area contributed by atoms with Crippen LogP contribution in [0.2, 0.25) is 0 Å². The lowest BCUT2D eigenvalue weighted by molar-refractivity contribution is -0.136. The van der Waals surface area contributed by atoms with Crippen LogP contribution in [0.25, 0.3) is 0 Å². The maximum Gasteiger partial charge on any atom is 0.337 e. The Morgan fingerprint density at radius 2 is 1.24 bits per heavy atom. The fourth-order valence-electron chi connectivity index (χ4n) is 5.22. The fourth-order valence-corrected chi connectivity index (χ4v) is 5.75. The van der Waals surface area contributed by atoms with Crippen molar-refractivity contribution in [2.24, 2.45) is 0 Å². The van der Waals surface area contributed by atoms with Gasteiger partial charge in [-0.2, -0.15) is 0 Å². The Labute approximate surface area is 257 Å². The van der Waals surface area contributed by atoms with E-state index in [4.69, 9.17) is 14.2 Å². The van der Waals surface area contributed by atoms with Gasteiger partial charge in [0.25, 0.3) is 0 Å². The summed E-state index contributed by atoms with van der Waals surface area (Å²) in [5, 5.41) is 3.57. The van der Waals surface area contributed by atoms with Gasteiger partial charge in [0.1, 0.15) is 11.5 Å². The van der Waals surface area contributed by atoms with Gasteiger partial charge in [-0.15, -0.1) is 0 Å². The van der Waals surface area contributed by atoms with E-state index in [9.17, 15) is 4.79 Å². The first-order chi connectivity index (χ1) is 19.9. The number of hydrogen-bond acceptors (Lipinski definition) is 6. The van der Waals surface area contributed by atoms with Crippen LogP contribution in [-0.2, 0) is 9.53 Å². The summed E-state index contributed by atoms with van der Waals surface area (Å²) in [6, 6.07) is 31.5. The Morgan fingerprint density at radius 1 is 0.732 bits per heavy atom. The lowest BCUT2D eigenvalue weighted by atomic mass is 9.84. The van der Waals surface area contributed by atoms with Crippen molar-refractivity contribution in [1.82, 2.24) is 0 Å². The van der Waals surface area contributed by atoms with Gasteiger partial charge in [0.2, 0.25) is 0 Å². The van der Waals surface area contributed by atoms with E-state index >= 15 is 0 Å². The zero-order valence-corrected chi connectivity index (χ0v) is 26.1. The standard InChI is InChI=1S/C33H30Br2N2O4/c1-39-27-16-12-25(13-17-27)36-29-20-30(21-4-8-23(34)9-5-21)37(26-14-18-28(40-2)19-15-26)32(31(29)33(38)41-3)22-6-10-24(35)11-7-22/h4-19,30,32,36H,20H2,1-3H3/t30-,32+/m0/s1. The molecule has 4 aromatic rings. The first-order valence-corrected chi connectivity index (χ1v) is 14.7. The second-order valence-corrected chi connectivity index (χ2v) is 11.4. The number of halogens is 2. The third-order valence-corrected chi connectivity index (χ3v) is 8.27. The van der Waals surface area contributed by atoms with E-state index in [2.05, 4.69) is 54.2 Å². The molecule has 8 heteroatoms. The first-order valence-electron chi connectivity index (χ1n) is 13.1. The summed E-state index contributed by atoms with van der Waals surface area (Å²) < 4.78 is 18.2. The highest BCUT2D eigenvalue weighted by atomic mass is 79.9. The number of nitrogens with zero attached hydrogens (tertiary/aromatic N) is 1. The molecular formula is C33H30Br2N2O4. The maximum atomic E-state index is 13.7. The van der Waals surface area contributed by atoms with Crippen molar-refractivity contribution in [1.29, 1.82) is 0 Å². The third kappa shape index (κ3) is 6.29. The summed E-state index contributed by atoms with van der Waals surface area (Å²) in [6.07, 6.45) is 0.539. The number of methoxy groups -OCH3 is 3. The van der Waals surface area contributed by atoms with Gasteiger partial charge in [0.15, 0.2) is 0 Å². The molecule has 0 bridgehead atoms. The molecule has 0 unspecified atom stereocenters. The highest BCUT2D eigenvalue weighted by Gasteiger charge is 2.41. The Kier molecular flexibility index (Phi) is 9.00. The molecule has 210 valence electrons. The second-order valence-electron chi connectivity index (χ2n) is 9.57. The molecule has 1 heterocycles. The number of ether oxygens (including phenoxy) is 3. The number of anilines is 2. The Bertz CT molecular complexity index is 1520. The zero-order valence-electron chi connectivity index (χ0n) is 22.9. The number of benzene rings is 4. The van der Waals surface area contributed by atoms with Gasteiger partial charge in [0, 0.05) is 32.4 Å². The molecule has 1 aliphatic rings. The van der Waals surface area contributed by atoms with Crippen LogP contribution < -0.4 is 19.7 Å². The highest BCUT2D eigenvalue weighted by Crippen LogP contribution is 2.48. The van der Waals surface area contributed by atoms with Crippen molar-refractivity contribution in [2.45, 2.75) is 18.5 Å². The van der Waals surface area contributed by atoms with E-state index in [0.29, 0.717) is 12.0 Å². The molecule has 0 aromatic heterocycles. The second kappa shape index (κ2) is 12.8. The third-order valence-electron chi connectivity index (χ3n) is 7.21. The number of rotatable bonds is 8. The van der Waals surface area contributed by atoms with E-state index in [0.717, 1.165) is 48.6 Å². The SMILES string of the molecule is COC(=O)C1=C(Nc2ccc(OC)cc2)C[C@@H](c2ccc(Br)cc2)N(c2ccc(OC)cc2)[C@@H]1c1ccc(Br)cc1. The Balaban J connectivity index is 1.75. The van der Waals surface area contributed by atoms with Crippen LogP contribution in [0, 0.1) is 0 Å². The smallest absolute Gasteiger partial charge is 0.337 e. The van der Waals surface area contributed by atoms with Crippen LogP contribution in [0.5, 0.6) is 11.5 Å². The molecule has 41 heavy (non-hydrogen) atoms. The molecule has 0 saturated heterocycles. The lowest BCUT2D eigenvalue weighted by Crippen LogP contribution is -2.41. The molecule has 0 saturated carbocycles. The van der Waals surface area contributed by atoms with Gasteiger partial charge in [-0.3, -0.25) is 0 Å². The van der Waals surface area contributed by atoms with Crippen molar-refractivity contribution >= 4 is 49.2 Å². The summed E-state index contributed by atoms with van der Waals surface area (Å²) in [6.45, 7) is 0. The number of carbonyl (C=O) groups excluding carboxylic acids is 1. The predicted molar refractivity (Wildman–Crippen MR) is 170 cm³/mol. The maximum absolute atomic E-state index is 13.7. The van der Waals surface area contributed by atoms with Crippen molar-refractivity contribution < 1.29 is 19.0 Å². The number of hydrogen-bond donors (Lipinski definition) is 1. The molecular weight excluding hydrogens is 648 g/mol. The molecule has 4 aromatic carbocycles. The molecule has 0 amide bonds. The molecule has 1 aliphatic heterocycles. The van der Waals surface area contributed by atoms with Crippen molar-refractivity contribution in [3.05, 3.63) is 128 Å². The molecule has 1 N–H and O–H groups in total. The number of nitrogens with one attached hydrogen (secondary N) is 1. The van der Waals surface area contributed by atoms with E-state index in [-0.39, 0.29) is 12.0 Å². The van der Waals surface area contributed by atoms with Crippen molar-refractivity contribution in [3.8, 4) is 11.5 Å². The van der Waals surface area contributed by atoms with Gasteiger partial charge in [0.05, 0.1) is 39.0 Å². The summed E-state index contributed by atoms with van der Waals surface area (Å²) in [4.78, 5) is 16.0. The normalized spacial score (nSPS) is 16.8. The van der Waals surface area contributed by atoms with Crippen molar-refractivity contribution in [3.63, 3.8) is 0 Å². The topological polar surface area (TPSA) is 60.0 Å². The molecule has 2 atom stereocenters. The van der Waals surface area contributed by atoms with Crippen molar-refractivity contribution in [2.75, 3.05) is 31.5 Å². The minimum absolute atomic E-state index is 0.112. The molecule has 6 nitrogen and oxygen atoms in total. The van der Waals surface area contributed by atoms with Gasteiger partial charge in [-0.1, -0.05) is 56.1 Å². The first kappa shape index (κ1) is 28.8. The van der Waals surface area contributed by atoms with Crippen LogP contribution in [0.15, 0.2) is 117 Å². The summed E-state index contributed by atoms with van der Waals surface area (Å²) >= 11 is 7.15. The average molecular weight is 678 g/mol. The molecule has 0 spiro atoms. The van der Waals surface area contributed by atoms with E-state index in [1.54, 1.807) is 14.2 Å². The summed E-state index contributed by atoms with van der Waals surface area (Å²) in [5.74, 6) is 1.13. The van der Waals surface area contributed by atoms with Gasteiger partial charge in [-0.05, 0) is 83.9 Å². The van der Waals surface area contributed by atoms with Crippen LogP contribution in [0.3, 0.4) is 0 Å². The fraction of sp³-hybridized carbons (Fsp3) is 0.182. The Hall–Kier alpha value is -3.75. The summed E-state index contributed by atoms with van der Waals surface area (Å²) in [5.41, 5.74) is 5.23. The average Bonchev–Trinajstić information content (AvgIpc) is 3.01. The number of esters is 1. The molecule has 0 aliphatic carbocycles. The molecule has 0 radical (unpaired) electrons. The number of carbonyl (C=O) groups is 1. The van der Waals surface area contributed by atoms with Crippen LogP contribution in [0.4, 0.5) is 11.4 Å². The zero-order chi connectivity index (χ0) is 28.9. The quantitative estimate of drug-likeness (QED) is 0.189. The van der Waals surface area contributed by atoms with E-state index < -0.39 is 6.04 Å². The van der Waals surface area contributed by atoms with Crippen LogP contribution in [0.1, 0.15) is 29.6 Å². The highest BCUT2D eigenvalue weighted by molar-refractivity contribution is 9.10. The largest absolute Gasteiger partial charge is 0.497 e. The minimum atomic E-state index is -0.452. The van der Waals surface area contributed by atoms with Gasteiger partial charge < -0.3 is 24.4 Å². The van der Waals surface area contributed by atoms with Crippen LogP contribution in [-0.4, -0.2) is 27.3 Å². The van der Waals surface area contributed by atoms with E-state index in [1.807, 2.05) is 84.9 Å². The monoisotopic (exact) mass is 676 g/mol. The van der Waals surface area contributed by atoms with Gasteiger partial charge >= 0.3 is 5.97 Å². The minimum Gasteiger partial charge on any atom is -0.497 e.